The number of carboxylic acids is 1. The molecule has 8 heteroatoms. The Balaban J connectivity index is 2.20. The molecule has 0 amide bonds. The van der Waals surface area contributed by atoms with Crippen LogP contribution in [0.5, 0.6) is 11.5 Å². The second-order valence-corrected chi connectivity index (χ2v) is 4.75. The third-order valence-electron chi connectivity index (χ3n) is 3.05. The van der Waals surface area contributed by atoms with Crippen molar-refractivity contribution in [2.75, 3.05) is 18.5 Å². The monoisotopic (exact) mass is 296 g/mol. The Kier molecular flexibility index (Phi) is 4.46. The van der Waals surface area contributed by atoms with Crippen molar-refractivity contribution < 1.29 is 24.3 Å². The van der Waals surface area contributed by atoms with Crippen molar-refractivity contribution in [1.29, 1.82) is 0 Å². The van der Waals surface area contributed by atoms with Crippen LogP contribution in [-0.2, 0) is 4.79 Å². The van der Waals surface area contributed by atoms with Crippen molar-refractivity contribution in [3.63, 3.8) is 0 Å². The summed E-state index contributed by atoms with van der Waals surface area (Å²) in [5.74, 6) is -0.114. The molecule has 0 spiro atoms. The van der Waals surface area contributed by atoms with E-state index < -0.39 is 10.9 Å². The van der Waals surface area contributed by atoms with Gasteiger partial charge in [-0.1, -0.05) is 0 Å². The normalized spacial score (nSPS) is 14.3. The predicted molar refractivity (Wildman–Crippen MR) is 74.0 cm³/mol. The number of nitro groups is 1. The maximum atomic E-state index is 11.1. The van der Waals surface area contributed by atoms with Crippen LogP contribution in [0.1, 0.15) is 19.8 Å². The Morgan fingerprint density at radius 2 is 2.05 bits per heavy atom. The number of hydrogen-bond donors (Lipinski definition) is 2. The maximum absolute atomic E-state index is 11.1. The van der Waals surface area contributed by atoms with Gasteiger partial charge >= 0.3 is 5.97 Å². The summed E-state index contributed by atoms with van der Waals surface area (Å²) in [7, 11) is 0. The molecule has 2 N–H and O–H groups in total. The van der Waals surface area contributed by atoms with Crippen LogP contribution < -0.4 is 14.8 Å². The van der Waals surface area contributed by atoms with E-state index >= 15 is 0 Å². The van der Waals surface area contributed by atoms with Gasteiger partial charge in [0, 0.05) is 18.5 Å². The van der Waals surface area contributed by atoms with Crippen molar-refractivity contribution in [3.05, 3.63) is 22.2 Å². The second-order valence-electron chi connectivity index (χ2n) is 4.75. The number of nitro benzene ring substituents is 1. The number of anilines is 1. The number of carbonyl (C=O) groups is 1. The fraction of sp³-hybridized carbons (Fsp3) is 0.462. The minimum Gasteiger partial charge on any atom is -0.486 e. The highest BCUT2D eigenvalue weighted by Gasteiger charge is 2.23. The van der Waals surface area contributed by atoms with E-state index in [2.05, 4.69) is 5.32 Å². The van der Waals surface area contributed by atoms with E-state index in [1.54, 1.807) is 6.92 Å². The van der Waals surface area contributed by atoms with Gasteiger partial charge < -0.3 is 19.9 Å². The minimum atomic E-state index is -0.902. The molecule has 0 saturated heterocycles. The lowest BCUT2D eigenvalue weighted by Gasteiger charge is -2.20. The first kappa shape index (κ1) is 14.9. The van der Waals surface area contributed by atoms with Crippen LogP contribution in [0.4, 0.5) is 11.4 Å². The van der Waals surface area contributed by atoms with Crippen LogP contribution in [0.25, 0.3) is 0 Å². The number of fused-ring (bicyclic) bond motifs is 1. The Hall–Kier alpha value is -2.51. The highest BCUT2D eigenvalue weighted by molar-refractivity contribution is 5.69. The van der Waals surface area contributed by atoms with E-state index in [9.17, 15) is 14.9 Å². The highest BCUT2D eigenvalue weighted by atomic mass is 16.6. The first-order valence-electron chi connectivity index (χ1n) is 6.53. The number of nitrogens with one attached hydrogen (secondary N) is 1. The van der Waals surface area contributed by atoms with E-state index in [-0.39, 0.29) is 18.2 Å². The van der Waals surface area contributed by atoms with Crippen molar-refractivity contribution in [2.24, 2.45) is 0 Å². The molecule has 1 aromatic rings. The number of carboxylic acid groups (broad SMARTS) is 1. The molecular weight excluding hydrogens is 280 g/mol. The fourth-order valence-corrected chi connectivity index (χ4v) is 2.02. The maximum Gasteiger partial charge on any atom is 0.303 e. The molecule has 1 aliphatic rings. The van der Waals surface area contributed by atoms with Crippen LogP contribution in [0, 0.1) is 10.1 Å². The molecule has 1 atom stereocenters. The van der Waals surface area contributed by atoms with E-state index in [0.717, 1.165) is 0 Å². The lowest BCUT2D eigenvalue weighted by atomic mass is 10.1. The number of aliphatic carboxylic acids is 1. The molecule has 21 heavy (non-hydrogen) atoms. The number of benzene rings is 1. The predicted octanol–water partition coefficient (Wildman–Crippen LogP) is 2.03. The topological polar surface area (TPSA) is 111 Å². The summed E-state index contributed by atoms with van der Waals surface area (Å²) in [6.45, 7) is 2.51. The van der Waals surface area contributed by atoms with Gasteiger partial charge in [-0.2, -0.15) is 0 Å². The fourth-order valence-electron chi connectivity index (χ4n) is 2.02. The van der Waals surface area contributed by atoms with Gasteiger partial charge in [-0.05, 0) is 13.3 Å². The highest BCUT2D eigenvalue weighted by Crippen LogP contribution is 2.39. The van der Waals surface area contributed by atoms with Crippen molar-refractivity contribution in [2.45, 2.75) is 25.8 Å². The molecule has 1 unspecified atom stereocenters. The Bertz CT molecular complexity index is 560. The van der Waals surface area contributed by atoms with Crippen LogP contribution >= 0.6 is 0 Å². The van der Waals surface area contributed by atoms with Gasteiger partial charge in [-0.3, -0.25) is 14.9 Å². The number of nitrogens with zero attached hydrogens (tertiary/aromatic N) is 1. The van der Waals surface area contributed by atoms with E-state index in [1.165, 1.54) is 12.1 Å². The van der Waals surface area contributed by atoms with Crippen LogP contribution in [-0.4, -0.2) is 35.3 Å². The van der Waals surface area contributed by atoms with Crippen molar-refractivity contribution in [1.82, 2.24) is 0 Å². The van der Waals surface area contributed by atoms with E-state index in [1.807, 2.05) is 0 Å². The van der Waals surface area contributed by atoms with Gasteiger partial charge in [0.25, 0.3) is 5.69 Å². The average molecular weight is 296 g/mol. The zero-order chi connectivity index (χ0) is 15.4. The SMILES string of the molecule is CC(CCC(=O)O)Nc1cc2c(cc1[N+](=O)[O-])OCCO2. The number of ether oxygens (including phenoxy) is 2. The molecule has 0 radical (unpaired) electrons. The summed E-state index contributed by atoms with van der Waals surface area (Å²) >= 11 is 0. The van der Waals surface area contributed by atoms with Crippen LogP contribution in [0.3, 0.4) is 0 Å². The largest absolute Gasteiger partial charge is 0.486 e. The summed E-state index contributed by atoms with van der Waals surface area (Å²) in [5, 5.41) is 22.7. The quantitative estimate of drug-likeness (QED) is 0.610. The lowest BCUT2D eigenvalue weighted by Crippen LogP contribution is -2.19. The van der Waals surface area contributed by atoms with Crippen LogP contribution in [0.2, 0.25) is 0 Å². The van der Waals surface area contributed by atoms with Crippen LogP contribution in [0.15, 0.2) is 12.1 Å². The first-order valence-corrected chi connectivity index (χ1v) is 6.53. The molecule has 2 rings (SSSR count). The molecule has 0 aromatic heterocycles. The number of hydrogen-bond acceptors (Lipinski definition) is 6. The van der Waals surface area contributed by atoms with E-state index in [0.29, 0.717) is 36.8 Å². The molecular formula is C13H16N2O6. The summed E-state index contributed by atoms with van der Waals surface area (Å²) in [4.78, 5) is 21.2. The van der Waals surface area contributed by atoms with Crippen molar-refractivity contribution >= 4 is 17.3 Å². The summed E-state index contributed by atoms with van der Waals surface area (Å²) < 4.78 is 10.7. The molecule has 0 saturated carbocycles. The molecule has 1 heterocycles. The molecule has 0 bridgehead atoms. The van der Waals surface area contributed by atoms with Gasteiger partial charge in [0.05, 0.1) is 11.0 Å². The zero-order valence-corrected chi connectivity index (χ0v) is 11.5. The number of rotatable bonds is 6. The second kappa shape index (κ2) is 6.29. The van der Waals surface area contributed by atoms with Gasteiger partial charge in [0.15, 0.2) is 11.5 Å². The Morgan fingerprint density at radius 3 is 2.62 bits per heavy atom. The zero-order valence-electron chi connectivity index (χ0n) is 11.5. The molecule has 114 valence electrons. The molecule has 8 nitrogen and oxygen atoms in total. The summed E-state index contributed by atoms with van der Waals surface area (Å²) in [5.41, 5.74) is 0.170. The smallest absolute Gasteiger partial charge is 0.303 e. The third kappa shape index (κ3) is 3.74. The molecule has 1 aliphatic heterocycles. The summed E-state index contributed by atoms with van der Waals surface area (Å²) in [6.07, 6.45) is 0.355. The van der Waals surface area contributed by atoms with Gasteiger partial charge in [0.2, 0.25) is 0 Å². The summed E-state index contributed by atoms with van der Waals surface area (Å²) in [6, 6.07) is 2.62. The average Bonchev–Trinajstić information content (AvgIpc) is 2.44. The standard InChI is InChI=1S/C13H16N2O6/c1-8(2-3-13(16)17)14-9-6-11-12(21-5-4-20-11)7-10(9)15(18)19/h6-8,14H,2-5H2,1H3,(H,16,17). The Morgan fingerprint density at radius 1 is 1.43 bits per heavy atom. The van der Waals surface area contributed by atoms with E-state index in [4.69, 9.17) is 14.6 Å². The Labute approximate surface area is 120 Å². The third-order valence-corrected chi connectivity index (χ3v) is 3.05. The van der Waals surface area contributed by atoms with Crippen molar-refractivity contribution in [3.8, 4) is 11.5 Å². The molecule has 0 aliphatic carbocycles. The molecule has 0 fully saturated rings. The lowest BCUT2D eigenvalue weighted by molar-refractivity contribution is -0.384. The first-order chi connectivity index (χ1) is 9.97. The van der Waals surface area contributed by atoms with Gasteiger partial charge in [0.1, 0.15) is 18.9 Å². The van der Waals surface area contributed by atoms with Gasteiger partial charge in [-0.15, -0.1) is 0 Å². The van der Waals surface area contributed by atoms with Gasteiger partial charge in [-0.25, -0.2) is 0 Å². The molecule has 1 aromatic carbocycles. The minimum absolute atomic E-state index is 0.00742.